The van der Waals surface area contributed by atoms with Crippen LogP contribution in [0.25, 0.3) is 28.0 Å². The molecule has 0 bridgehead atoms. The van der Waals surface area contributed by atoms with E-state index in [0.717, 1.165) is 42.6 Å². The fourth-order valence-corrected chi connectivity index (χ4v) is 4.97. The van der Waals surface area contributed by atoms with Crippen molar-refractivity contribution in [1.29, 1.82) is 0 Å². The third-order valence-electron chi connectivity index (χ3n) is 7.04. The first-order valence-electron chi connectivity index (χ1n) is 11.8. The van der Waals surface area contributed by atoms with Crippen molar-refractivity contribution in [2.45, 2.75) is 57.3 Å². The molecule has 0 unspecified atom stereocenters. The molecular weight excluding hydrogens is 464 g/mol. The summed E-state index contributed by atoms with van der Waals surface area (Å²) >= 11 is 0. The quantitative estimate of drug-likeness (QED) is 0.386. The number of nitrogens with zero attached hydrogens (tertiary/aromatic N) is 5. The number of piperidine rings is 1. The minimum Gasteiger partial charge on any atom is -0.423 e. The van der Waals surface area contributed by atoms with Gasteiger partial charge in [-0.05, 0) is 50.8 Å². The first kappa shape index (κ1) is 22.3. The molecule has 7 nitrogen and oxygen atoms in total. The van der Waals surface area contributed by atoms with Crippen LogP contribution < -0.4 is 5.32 Å². The highest BCUT2D eigenvalue weighted by atomic mass is 19.4. The first-order chi connectivity index (χ1) is 16.7. The Balaban J connectivity index is 1.28. The largest absolute Gasteiger partial charge is 0.423 e. The fraction of sp³-hybridized carbons (Fsp3) is 0.458. The summed E-state index contributed by atoms with van der Waals surface area (Å²) in [6.07, 6.45) is 2.50. The minimum absolute atomic E-state index is 0.0266. The van der Waals surface area contributed by atoms with E-state index in [0.29, 0.717) is 11.7 Å². The number of rotatable bonds is 4. The number of anilines is 1. The highest BCUT2D eigenvalue weighted by Crippen LogP contribution is 2.36. The Morgan fingerprint density at radius 1 is 1.06 bits per heavy atom. The Kier molecular flexibility index (Phi) is 5.21. The number of imidazole rings is 1. The number of hydrogen-bond acceptors (Lipinski definition) is 6. The number of nitrogens with one attached hydrogen (secondary N) is 1. The number of aryl methyl sites for hydroxylation is 1. The second kappa shape index (κ2) is 8.18. The fourth-order valence-electron chi connectivity index (χ4n) is 4.97. The molecule has 1 aliphatic heterocycles. The van der Waals surface area contributed by atoms with Gasteiger partial charge in [0, 0.05) is 30.7 Å². The third kappa shape index (κ3) is 4.11. The smallest absolute Gasteiger partial charge is 0.420 e. The number of hydrogen-bond donors (Lipinski definition) is 1. The molecule has 2 fully saturated rings. The highest BCUT2D eigenvalue weighted by molar-refractivity contribution is 5.81. The van der Waals surface area contributed by atoms with Gasteiger partial charge in [0.25, 0.3) is 6.01 Å². The van der Waals surface area contributed by atoms with Crippen molar-refractivity contribution in [2.75, 3.05) is 18.4 Å². The van der Waals surface area contributed by atoms with Crippen LogP contribution in [0.1, 0.15) is 43.4 Å². The molecule has 3 aromatic heterocycles. The van der Waals surface area contributed by atoms with Crippen LogP contribution in [0.4, 0.5) is 23.6 Å². The van der Waals surface area contributed by atoms with Crippen molar-refractivity contribution >= 4 is 22.8 Å². The van der Waals surface area contributed by atoms with Crippen LogP contribution in [0.3, 0.4) is 0 Å². The van der Waals surface area contributed by atoms with Crippen molar-refractivity contribution in [3.63, 3.8) is 0 Å². The van der Waals surface area contributed by atoms with Crippen LogP contribution in [-0.2, 0) is 6.18 Å². The summed E-state index contributed by atoms with van der Waals surface area (Å²) < 4.78 is 62.8. The zero-order valence-electron chi connectivity index (χ0n) is 19.1. The molecule has 11 heteroatoms. The lowest BCUT2D eigenvalue weighted by atomic mass is 9.89. The molecule has 0 radical (unpaired) electrons. The lowest BCUT2D eigenvalue weighted by molar-refractivity contribution is -0.136. The van der Waals surface area contributed by atoms with Crippen molar-refractivity contribution < 1.29 is 22.0 Å². The van der Waals surface area contributed by atoms with Crippen LogP contribution in [0.5, 0.6) is 0 Å². The van der Waals surface area contributed by atoms with Crippen LogP contribution >= 0.6 is 0 Å². The molecule has 4 heterocycles. The maximum atomic E-state index is 14.9. The molecule has 0 amide bonds. The molecule has 2 aliphatic rings. The Morgan fingerprint density at radius 3 is 2.51 bits per heavy atom. The van der Waals surface area contributed by atoms with Gasteiger partial charge >= 0.3 is 6.18 Å². The monoisotopic (exact) mass is 488 g/mol. The zero-order valence-corrected chi connectivity index (χ0v) is 19.1. The Hall–Kier alpha value is -3.21. The van der Waals surface area contributed by atoms with Gasteiger partial charge < -0.3 is 14.6 Å². The first-order valence-corrected chi connectivity index (χ1v) is 11.8. The molecule has 1 N–H and O–H groups in total. The average molecular weight is 488 g/mol. The average Bonchev–Trinajstić information content (AvgIpc) is 3.34. The second-order valence-corrected chi connectivity index (χ2v) is 9.45. The topological polar surface area (TPSA) is 71.5 Å². The SMILES string of the molecule is Cc1cn2nc(-c3cc(F)c4nc(NC5CCN(C6CCC6)CC5)oc4c3)cc(C(F)(F)F)c2n1. The second-order valence-electron chi connectivity index (χ2n) is 9.45. The van der Waals surface area contributed by atoms with Gasteiger partial charge in [0.15, 0.2) is 17.0 Å². The number of halogens is 4. The van der Waals surface area contributed by atoms with Crippen molar-refractivity contribution in [2.24, 2.45) is 0 Å². The molecular formula is C24H24F4N6O. The maximum Gasteiger partial charge on any atom is 0.420 e. The minimum atomic E-state index is -4.64. The highest BCUT2D eigenvalue weighted by Gasteiger charge is 2.35. The van der Waals surface area contributed by atoms with Gasteiger partial charge in [0.05, 0.1) is 17.6 Å². The Labute approximate surface area is 198 Å². The van der Waals surface area contributed by atoms with E-state index < -0.39 is 17.6 Å². The van der Waals surface area contributed by atoms with Gasteiger partial charge in [-0.2, -0.15) is 23.3 Å². The lowest BCUT2D eigenvalue weighted by Gasteiger charge is -2.41. The van der Waals surface area contributed by atoms with Crippen LogP contribution in [0.2, 0.25) is 0 Å². The van der Waals surface area contributed by atoms with Gasteiger partial charge in [-0.15, -0.1) is 0 Å². The van der Waals surface area contributed by atoms with Gasteiger partial charge in [-0.1, -0.05) is 6.42 Å². The predicted molar refractivity (Wildman–Crippen MR) is 122 cm³/mol. The summed E-state index contributed by atoms with van der Waals surface area (Å²) in [5.41, 5.74) is -0.557. The molecule has 35 heavy (non-hydrogen) atoms. The zero-order chi connectivity index (χ0) is 24.3. The van der Waals surface area contributed by atoms with Gasteiger partial charge in [-0.25, -0.2) is 13.9 Å². The van der Waals surface area contributed by atoms with Gasteiger partial charge in [-0.3, -0.25) is 0 Å². The molecule has 1 aliphatic carbocycles. The molecule has 1 aromatic carbocycles. The Bertz CT molecular complexity index is 1400. The van der Waals surface area contributed by atoms with Crippen LogP contribution in [0, 0.1) is 12.7 Å². The summed E-state index contributed by atoms with van der Waals surface area (Å²) in [6.45, 7) is 3.59. The molecule has 184 valence electrons. The van der Waals surface area contributed by atoms with E-state index in [1.54, 1.807) is 6.92 Å². The van der Waals surface area contributed by atoms with Crippen molar-refractivity contribution in [3.8, 4) is 11.3 Å². The molecule has 4 aromatic rings. The lowest BCUT2D eigenvalue weighted by Crippen LogP contribution is -2.47. The number of benzene rings is 1. The predicted octanol–water partition coefficient (Wildman–Crippen LogP) is 5.43. The van der Waals surface area contributed by atoms with E-state index in [1.165, 1.54) is 31.5 Å². The van der Waals surface area contributed by atoms with E-state index >= 15 is 0 Å². The molecule has 1 saturated heterocycles. The molecule has 0 spiro atoms. The maximum absolute atomic E-state index is 14.9. The Morgan fingerprint density at radius 2 is 1.83 bits per heavy atom. The molecule has 1 saturated carbocycles. The van der Waals surface area contributed by atoms with Crippen molar-refractivity contribution in [1.82, 2.24) is 24.5 Å². The van der Waals surface area contributed by atoms with E-state index in [9.17, 15) is 17.6 Å². The number of fused-ring (bicyclic) bond motifs is 2. The van der Waals surface area contributed by atoms with E-state index in [2.05, 4.69) is 25.3 Å². The number of likely N-dealkylation sites (tertiary alicyclic amines) is 1. The van der Waals surface area contributed by atoms with Crippen LogP contribution in [0.15, 0.2) is 28.8 Å². The van der Waals surface area contributed by atoms with Gasteiger partial charge in [0.2, 0.25) is 0 Å². The normalized spacial score (nSPS) is 18.4. The van der Waals surface area contributed by atoms with E-state index in [-0.39, 0.29) is 40.1 Å². The summed E-state index contributed by atoms with van der Waals surface area (Å²) in [5, 5.41) is 7.49. The summed E-state index contributed by atoms with van der Waals surface area (Å²) in [5.74, 6) is -0.689. The number of alkyl halides is 3. The standard InChI is InChI=1S/C24H24F4N6O/c1-13-12-34-22(29-13)17(24(26,27)28)11-19(32-34)14-9-18(25)21-20(10-14)35-23(31-21)30-15-5-7-33(8-6-15)16-3-2-4-16/h9-12,15-16H,2-8H2,1H3,(H,30,31). The molecule has 0 atom stereocenters. The summed E-state index contributed by atoms with van der Waals surface area (Å²) in [4.78, 5) is 10.7. The molecule has 6 rings (SSSR count). The summed E-state index contributed by atoms with van der Waals surface area (Å²) in [7, 11) is 0. The van der Waals surface area contributed by atoms with E-state index in [1.807, 2.05) is 0 Å². The van der Waals surface area contributed by atoms with Crippen molar-refractivity contribution in [3.05, 3.63) is 41.5 Å². The number of aromatic nitrogens is 4. The van der Waals surface area contributed by atoms with Gasteiger partial charge in [0.1, 0.15) is 11.1 Å². The summed E-state index contributed by atoms with van der Waals surface area (Å²) in [6, 6.07) is 4.57. The van der Waals surface area contributed by atoms with E-state index in [4.69, 9.17) is 4.42 Å². The van der Waals surface area contributed by atoms with Crippen LogP contribution in [-0.4, -0.2) is 49.7 Å². The number of oxazole rings is 1. The third-order valence-corrected chi connectivity index (χ3v) is 7.04.